The Balaban J connectivity index is 2.54. The van der Waals surface area contributed by atoms with Crippen molar-refractivity contribution in [1.82, 2.24) is 0 Å². The summed E-state index contributed by atoms with van der Waals surface area (Å²) in [5, 5.41) is 0. The number of ether oxygens (including phenoxy) is 1. The summed E-state index contributed by atoms with van der Waals surface area (Å²) in [5.41, 5.74) is 0.934. The van der Waals surface area contributed by atoms with Crippen LogP contribution in [0.4, 0.5) is 0 Å². The van der Waals surface area contributed by atoms with Gasteiger partial charge in [-0.1, -0.05) is 4.40 Å². The van der Waals surface area contributed by atoms with Crippen molar-refractivity contribution in [1.29, 1.82) is 0 Å². The molecule has 0 bridgehead atoms. The van der Waals surface area contributed by atoms with Crippen LogP contribution in [0.5, 0.6) is 0 Å². The Bertz CT molecular complexity index is 178. The Morgan fingerprint density at radius 1 is 1.50 bits per heavy atom. The average Bonchev–Trinajstić information content (AvgIpc) is 2.37. The zero-order chi connectivity index (χ0) is 9.19. The molecular formula is C8H15NO2S. The predicted molar refractivity (Wildman–Crippen MR) is 50.8 cm³/mol. The Morgan fingerprint density at radius 3 is 2.58 bits per heavy atom. The van der Waals surface area contributed by atoms with Crippen LogP contribution in [-0.2, 0) is 16.1 Å². The third-order valence-corrected chi connectivity index (χ3v) is 3.01. The molecule has 1 aliphatic rings. The molecule has 0 aromatic rings. The maximum Gasteiger partial charge on any atom is 0.144 e. The molecule has 0 aliphatic carbocycles. The van der Waals surface area contributed by atoms with Crippen LogP contribution in [0.2, 0.25) is 0 Å². The Morgan fingerprint density at radius 2 is 2.17 bits per heavy atom. The lowest BCUT2D eigenvalue weighted by atomic mass is 10.3. The van der Waals surface area contributed by atoms with E-state index < -0.39 is 11.4 Å². The van der Waals surface area contributed by atoms with E-state index in [-0.39, 0.29) is 4.75 Å². The Labute approximate surface area is 76.5 Å². The highest BCUT2D eigenvalue weighted by atomic mass is 32.2. The van der Waals surface area contributed by atoms with E-state index in [4.69, 9.17) is 4.74 Å². The van der Waals surface area contributed by atoms with E-state index in [2.05, 4.69) is 4.40 Å². The van der Waals surface area contributed by atoms with Crippen LogP contribution in [0.3, 0.4) is 0 Å². The van der Waals surface area contributed by atoms with Crippen LogP contribution in [0.25, 0.3) is 0 Å². The Hall–Kier alpha value is -0.0600. The normalized spacial score (nSPS) is 24.8. The molecule has 0 radical (unpaired) electrons. The first-order valence-corrected chi connectivity index (χ1v) is 5.17. The standard InChI is InChI=1S/C8H15NO2S/c1-8(2,3)12(10)9-7-4-5-11-6-7/h4-6H2,1-3H3/b9-7-/t12-/m1/s1. The topological polar surface area (TPSA) is 44.7 Å². The van der Waals surface area contributed by atoms with Crippen molar-refractivity contribution in [2.24, 2.45) is 4.40 Å². The lowest BCUT2D eigenvalue weighted by molar-refractivity contribution is 0.209. The van der Waals surface area contributed by atoms with Gasteiger partial charge in [0.15, 0.2) is 0 Å². The monoisotopic (exact) mass is 189 g/mol. The fraction of sp³-hybridized carbons (Fsp3) is 0.875. The van der Waals surface area contributed by atoms with Crippen LogP contribution >= 0.6 is 0 Å². The highest BCUT2D eigenvalue weighted by Gasteiger charge is 2.27. The second-order valence-corrected chi connectivity index (χ2v) is 5.73. The maximum atomic E-state index is 11.5. The van der Waals surface area contributed by atoms with E-state index in [1.54, 1.807) is 0 Å². The summed E-state index contributed by atoms with van der Waals surface area (Å²) in [4.78, 5) is 0. The molecule has 3 nitrogen and oxygen atoms in total. The third kappa shape index (κ3) is 2.77. The first-order chi connectivity index (χ1) is 5.50. The van der Waals surface area contributed by atoms with E-state index in [1.165, 1.54) is 0 Å². The van der Waals surface area contributed by atoms with Gasteiger partial charge >= 0.3 is 0 Å². The molecule has 70 valence electrons. The number of nitrogens with zero attached hydrogens (tertiary/aromatic N) is 1. The molecule has 0 aromatic heterocycles. The van der Waals surface area contributed by atoms with Crippen LogP contribution < -0.4 is 0 Å². The highest BCUT2D eigenvalue weighted by Crippen LogP contribution is 2.18. The first kappa shape index (κ1) is 10.0. The van der Waals surface area contributed by atoms with Crippen molar-refractivity contribution in [3.63, 3.8) is 0 Å². The molecule has 0 spiro atoms. The zero-order valence-electron chi connectivity index (χ0n) is 7.79. The molecule has 1 aliphatic heterocycles. The largest absolute Gasteiger partial charge is 0.591 e. The summed E-state index contributed by atoms with van der Waals surface area (Å²) in [6, 6.07) is 0. The summed E-state index contributed by atoms with van der Waals surface area (Å²) < 4.78 is 20.5. The smallest absolute Gasteiger partial charge is 0.144 e. The van der Waals surface area contributed by atoms with Gasteiger partial charge in [0.05, 0.1) is 18.9 Å². The van der Waals surface area contributed by atoms with Gasteiger partial charge < -0.3 is 9.29 Å². The highest BCUT2D eigenvalue weighted by molar-refractivity contribution is 7.91. The summed E-state index contributed by atoms with van der Waals surface area (Å²) in [6.45, 7) is 7.04. The lowest BCUT2D eigenvalue weighted by Crippen LogP contribution is -2.27. The molecule has 1 fully saturated rings. The van der Waals surface area contributed by atoms with Gasteiger partial charge in [0.1, 0.15) is 16.1 Å². The van der Waals surface area contributed by atoms with Crippen molar-refractivity contribution in [2.45, 2.75) is 31.9 Å². The van der Waals surface area contributed by atoms with Crippen LogP contribution in [0.15, 0.2) is 4.40 Å². The second-order valence-electron chi connectivity index (χ2n) is 3.82. The van der Waals surface area contributed by atoms with E-state index in [1.807, 2.05) is 20.8 Å². The fourth-order valence-electron chi connectivity index (χ4n) is 0.778. The van der Waals surface area contributed by atoms with Crippen molar-refractivity contribution in [3.05, 3.63) is 0 Å². The van der Waals surface area contributed by atoms with Crippen molar-refractivity contribution < 1.29 is 9.29 Å². The molecule has 1 heterocycles. The molecule has 0 N–H and O–H groups in total. The number of hydrogen-bond donors (Lipinski definition) is 0. The SMILES string of the molecule is CC(C)(C)[S@@+]([O-])/N=C1/CCOC1. The van der Waals surface area contributed by atoms with Gasteiger partial charge in [-0.3, -0.25) is 0 Å². The van der Waals surface area contributed by atoms with Gasteiger partial charge in [0, 0.05) is 6.42 Å². The molecule has 1 saturated heterocycles. The minimum absolute atomic E-state index is 0.254. The first-order valence-electron chi connectivity index (χ1n) is 4.06. The van der Waals surface area contributed by atoms with Gasteiger partial charge in [-0.15, -0.1) is 0 Å². The number of rotatable bonds is 1. The molecule has 0 aromatic carbocycles. The van der Waals surface area contributed by atoms with Crippen molar-refractivity contribution in [3.8, 4) is 0 Å². The summed E-state index contributed by atoms with van der Waals surface area (Å²) in [5.74, 6) is 0. The van der Waals surface area contributed by atoms with E-state index in [9.17, 15) is 4.55 Å². The van der Waals surface area contributed by atoms with Gasteiger partial charge in [0.25, 0.3) is 0 Å². The van der Waals surface area contributed by atoms with Crippen LogP contribution in [0.1, 0.15) is 27.2 Å². The number of hydrogen-bond acceptors (Lipinski definition) is 3. The average molecular weight is 189 g/mol. The Kier molecular flexibility index (Phi) is 3.15. The quantitative estimate of drug-likeness (QED) is 0.584. The van der Waals surface area contributed by atoms with Gasteiger partial charge in [-0.05, 0) is 20.8 Å². The van der Waals surface area contributed by atoms with Gasteiger partial charge in [-0.2, -0.15) is 0 Å². The molecule has 0 saturated carbocycles. The van der Waals surface area contributed by atoms with E-state index >= 15 is 0 Å². The summed E-state index contributed by atoms with van der Waals surface area (Å²) in [6.07, 6.45) is 0.835. The molecule has 4 heteroatoms. The minimum Gasteiger partial charge on any atom is -0.591 e. The molecular weight excluding hydrogens is 174 g/mol. The summed E-state index contributed by atoms with van der Waals surface area (Å²) >= 11 is -1.12. The maximum absolute atomic E-state index is 11.5. The molecule has 12 heavy (non-hydrogen) atoms. The molecule has 1 rings (SSSR count). The molecule has 0 unspecified atom stereocenters. The molecule has 1 atom stereocenters. The minimum atomic E-state index is -1.12. The van der Waals surface area contributed by atoms with E-state index in [0.29, 0.717) is 6.61 Å². The van der Waals surface area contributed by atoms with Crippen molar-refractivity contribution >= 4 is 17.1 Å². The van der Waals surface area contributed by atoms with Crippen LogP contribution in [0, 0.1) is 0 Å². The van der Waals surface area contributed by atoms with Gasteiger partial charge in [-0.25, -0.2) is 0 Å². The summed E-state index contributed by atoms with van der Waals surface area (Å²) in [7, 11) is 0. The van der Waals surface area contributed by atoms with E-state index in [0.717, 1.165) is 18.7 Å². The van der Waals surface area contributed by atoms with Gasteiger partial charge in [0.2, 0.25) is 0 Å². The second kappa shape index (κ2) is 3.77. The van der Waals surface area contributed by atoms with Crippen molar-refractivity contribution in [2.75, 3.05) is 13.2 Å². The lowest BCUT2D eigenvalue weighted by Gasteiger charge is -2.18. The third-order valence-electron chi connectivity index (χ3n) is 1.54. The predicted octanol–water partition coefficient (Wildman–Crippen LogP) is 1.31. The fourth-order valence-corrected chi connectivity index (χ4v) is 1.43. The molecule has 0 amide bonds. The van der Waals surface area contributed by atoms with Crippen LogP contribution in [-0.4, -0.2) is 28.2 Å². The zero-order valence-corrected chi connectivity index (χ0v) is 8.61.